The molecule has 2 heterocycles. The van der Waals surface area contributed by atoms with Crippen LogP contribution in [0.5, 0.6) is 0 Å². The van der Waals surface area contributed by atoms with Gasteiger partial charge in [-0.3, -0.25) is 0 Å². The maximum Gasteiger partial charge on any atom is 0.331 e. The molecular formula is C14H20N2O4S. The summed E-state index contributed by atoms with van der Waals surface area (Å²) in [6.45, 7) is 3.04. The number of methoxy groups -OCH3 is 1. The number of nitrogens with zero attached hydrogens (tertiary/aromatic N) is 1. The molecule has 6 nitrogen and oxygen atoms in total. The molecule has 0 aliphatic carbocycles. The fraction of sp³-hybridized carbons (Fsp3) is 0.571. The highest BCUT2D eigenvalue weighted by Gasteiger charge is 2.34. The van der Waals surface area contributed by atoms with Crippen LogP contribution in [0.3, 0.4) is 0 Å². The van der Waals surface area contributed by atoms with Crippen LogP contribution in [0.25, 0.3) is 0 Å². The number of amides is 2. The van der Waals surface area contributed by atoms with Gasteiger partial charge in [0, 0.05) is 18.5 Å². The number of hydrogen-bond donors (Lipinski definition) is 2. The predicted molar refractivity (Wildman–Crippen MR) is 79.4 cm³/mol. The first-order chi connectivity index (χ1) is 9.95. The number of carboxylic acid groups (broad SMARTS) is 1. The van der Waals surface area contributed by atoms with Crippen LogP contribution in [0.2, 0.25) is 0 Å². The molecule has 21 heavy (non-hydrogen) atoms. The molecule has 0 bridgehead atoms. The zero-order valence-corrected chi connectivity index (χ0v) is 13.0. The van der Waals surface area contributed by atoms with Crippen LogP contribution in [-0.2, 0) is 9.53 Å². The van der Waals surface area contributed by atoms with E-state index in [9.17, 15) is 14.7 Å². The zero-order chi connectivity index (χ0) is 15.5. The molecule has 2 atom stereocenters. The van der Waals surface area contributed by atoms with E-state index in [2.05, 4.69) is 5.32 Å². The largest absolute Gasteiger partial charge is 0.479 e. The summed E-state index contributed by atoms with van der Waals surface area (Å²) in [5, 5.41) is 13.7. The fourth-order valence-electron chi connectivity index (χ4n) is 2.47. The van der Waals surface area contributed by atoms with Crippen molar-refractivity contribution in [3.05, 3.63) is 22.4 Å². The van der Waals surface area contributed by atoms with Gasteiger partial charge in [-0.15, -0.1) is 11.3 Å². The van der Waals surface area contributed by atoms with E-state index in [-0.39, 0.29) is 11.6 Å². The molecule has 0 saturated carbocycles. The zero-order valence-electron chi connectivity index (χ0n) is 12.2. The molecule has 0 radical (unpaired) electrons. The van der Waals surface area contributed by atoms with Gasteiger partial charge in [0.1, 0.15) is 0 Å². The van der Waals surface area contributed by atoms with Crippen molar-refractivity contribution in [1.29, 1.82) is 0 Å². The number of ether oxygens (including phenoxy) is 1. The number of carbonyl (C=O) groups excluding carboxylic acids is 1. The summed E-state index contributed by atoms with van der Waals surface area (Å²) in [4.78, 5) is 25.9. The summed E-state index contributed by atoms with van der Waals surface area (Å²) in [5.74, 6) is -1.06. The lowest BCUT2D eigenvalue weighted by molar-refractivity contribution is -0.139. The van der Waals surface area contributed by atoms with Crippen molar-refractivity contribution in [3.8, 4) is 0 Å². The summed E-state index contributed by atoms with van der Waals surface area (Å²) >= 11 is 1.31. The van der Waals surface area contributed by atoms with Crippen LogP contribution >= 0.6 is 11.3 Å². The number of carboxylic acids is 1. The Labute approximate surface area is 127 Å². The van der Waals surface area contributed by atoms with Gasteiger partial charge in [-0.05, 0) is 31.2 Å². The van der Waals surface area contributed by atoms with E-state index in [1.54, 1.807) is 29.5 Å². The van der Waals surface area contributed by atoms with Crippen molar-refractivity contribution in [1.82, 2.24) is 10.2 Å². The third kappa shape index (κ3) is 3.74. The van der Waals surface area contributed by atoms with Gasteiger partial charge < -0.3 is 20.1 Å². The number of thiophene rings is 1. The molecule has 1 aliphatic rings. The average molecular weight is 312 g/mol. The van der Waals surface area contributed by atoms with Gasteiger partial charge in [0.2, 0.25) is 0 Å². The molecule has 1 fully saturated rings. The van der Waals surface area contributed by atoms with Crippen LogP contribution in [-0.4, -0.2) is 47.8 Å². The first-order valence-corrected chi connectivity index (χ1v) is 7.70. The van der Waals surface area contributed by atoms with Crippen LogP contribution in [0.4, 0.5) is 4.79 Å². The van der Waals surface area contributed by atoms with Crippen molar-refractivity contribution in [2.45, 2.75) is 31.4 Å². The average Bonchev–Trinajstić information content (AvgIpc) is 2.98. The van der Waals surface area contributed by atoms with Gasteiger partial charge in [0.05, 0.1) is 12.1 Å². The number of nitrogens with one attached hydrogen (secondary N) is 1. The standard InChI is InChI=1S/C14H20N2O4S/c1-14(20-2)6-4-7-16(9-14)13(19)15-11(12(17)18)10-5-3-8-21-10/h3,5,8,11H,4,6-7,9H2,1-2H3,(H,15,19)(H,17,18). The van der Waals surface area contributed by atoms with Crippen molar-refractivity contribution >= 4 is 23.3 Å². The molecule has 1 aromatic heterocycles. The Hall–Kier alpha value is -1.60. The number of hydrogen-bond acceptors (Lipinski definition) is 4. The SMILES string of the molecule is COC1(C)CCCN(C(=O)NC(C(=O)O)c2cccs2)C1. The number of piperidine rings is 1. The molecule has 2 rings (SSSR count). The van der Waals surface area contributed by atoms with Crippen molar-refractivity contribution in [2.24, 2.45) is 0 Å². The monoisotopic (exact) mass is 312 g/mol. The van der Waals surface area contributed by atoms with Crippen LogP contribution < -0.4 is 5.32 Å². The molecule has 0 aromatic carbocycles. The second kappa shape index (κ2) is 6.44. The van der Waals surface area contributed by atoms with Gasteiger partial charge >= 0.3 is 12.0 Å². The topological polar surface area (TPSA) is 78.9 Å². The van der Waals surface area contributed by atoms with E-state index in [1.165, 1.54) is 11.3 Å². The molecule has 7 heteroatoms. The molecular weight excluding hydrogens is 292 g/mol. The van der Waals surface area contributed by atoms with E-state index in [0.717, 1.165) is 12.8 Å². The van der Waals surface area contributed by atoms with E-state index in [0.29, 0.717) is 18.0 Å². The maximum absolute atomic E-state index is 12.3. The number of aliphatic carboxylic acids is 1. The Morgan fingerprint density at radius 1 is 1.57 bits per heavy atom. The molecule has 0 spiro atoms. The van der Waals surface area contributed by atoms with Crippen molar-refractivity contribution < 1.29 is 19.4 Å². The first-order valence-electron chi connectivity index (χ1n) is 6.82. The number of urea groups is 1. The van der Waals surface area contributed by atoms with Gasteiger partial charge in [-0.2, -0.15) is 0 Å². The quantitative estimate of drug-likeness (QED) is 0.892. The highest BCUT2D eigenvalue weighted by atomic mass is 32.1. The maximum atomic E-state index is 12.3. The molecule has 2 N–H and O–H groups in total. The number of likely N-dealkylation sites (tertiary alicyclic amines) is 1. The lowest BCUT2D eigenvalue weighted by atomic mass is 9.95. The summed E-state index contributed by atoms with van der Waals surface area (Å²) in [5.41, 5.74) is -0.364. The third-order valence-electron chi connectivity index (χ3n) is 3.78. The van der Waals surface area contributed by atoms with Crippen LogP contribution in [0.15, 0.2) is 17.5 Å². The Balaban J connectivity index is 2.04. The van der Waals surface area contributed by atoms with Crippen LogP contribution in [0, 0.1) is 0 Å². The van der Waals surface area contributed by atoms with Gasteiger partial charge in [0.15, 0.2) is 6.04 Å². The summed E-state index contributed by atoms with van der Waals surface area (Å²) in [7, 11) is 1.63. The third-order valence-corrected chi connectivity index (χ3v) is 4.72. The number of rotatable bonds is 4. The molecule has 2 unspecified atom stereocenters. The molecule has 1 aromatic rings. The minimum Gasteiger partial charge on any atom is -0.479 e. The smallest absolute Gasteiger partial charge is 0.331 e. The minimum atomic E-state index is -1.06. The molecule has 2 amide bonds. The normalized spacial score (nSPS) is 23.6. The van der Waals surface area contributed by atoms with Crippen molar-refractivity contribution in [3.63, 3.8) is 0 Å². The molecule has 1 saturated heterocycles. The second-order valence-corrected chi connectivity index (χ2v) is 6.39. The Kier molecular flexibility index (Phi) is 4.84. The van der Waals surface area contributed by atoms with Gasteiger partial charge in [0.25, 0.3) is 0 Å². The summed E-state index contributed by atoms with van der Waals surface area (Å²) < 4.78 is 5.45. The fourth-order valence-corrected chi connectivity index (χ4v) is 3.24. The van der Waals surface area contributed by atoms with Gasteiger partial charge in [-0.25, -0.2) is 9.59 Å². The van der Waals surface area contributed by atoms with Crippen LogP contribution in [0.1, 0.15) is 30.7 Å². The second-order valence-electron chi connectivity index (χ2n) is 5.42. The molecule has 116 valence electrons. The van der Waals surface area contributed by atoms with E-state index in [1.807, 2.05) is 6.92 Å². The van der Waals surface area contributed by atoms with Crippen molar-refractivity contribution in [2.75, 3.05) is 20.2 Å². The lowest BCUT2D eigenvalue weighted by Gasteiger charge is -2.39. The van der Waals surface area contributed by atoms with E-state index in [4.69, 9.17) is 4.74 Å². The Morgan fingerprint density at radius 3 is 2.90 bits per heavy atom. The Bertz CT molecular complexity index is 505. The highest BCUT2D eigenvalue weighted by Crippen LogP contribution is 2.25. The van der Waals surface area contributed by atoms with Gasteiger partial charge in [-0.1, -0.05) is 6.07 Å². The van der Waals surface area contributed by atoms with E-state index >= 15 is 0 Å². The number of carbonyl (C=O) groups is 2. The molecule has 1 aliphatic heterocycles. The highest BCUT2D eigenvalue weighted by molar-refractivity contribution is 7.10. The minimum absolute atomic E-state index is 0.362. The summed E-state index contributed by atoms with van der Waals surface area (Å²) in [6.07, 6.45) is 1.73. The van der Waals surface area contributed by atoms with E-state index < -0.39 is 12.0 Å². The first kappa shape index (κ1) is 15.8. The lowest BCUT2D eigenvalue weighted by Crippen LogP contribution is -2.53. The predicted octanol–water partition coefficient (Wildman–Crippen LogP) is 2.08. The summed E-state index contributed by atoms with van der Waals surface area (Å²) in [6, 6.07) is 2.11. The Morgan fingerprint density at radius 2 is 2.33 bits per heavy atom.